The van der Waals surface area contributed by atoms with Crippen molar-refractivity contribution in [3.63, 3.8) is 0 Å². The molecule has 2 aromatic rings. The van der Waals surface area contributed by atoms with Gasteiger partial charge in [-0.3, -0.25) is 0 Å². The molecule has 0 aliphatic heterocycles. The molecule has 24 heavy (non-hydrogen) atoms. The van der Waals surface area contributed by atoms with E-state index in [1.807, 2.05) is 0 Å². The molecule has 0 aliphatic carbocycles. The summed E-state index contributed by atoms with van der Waals surface area (Å²) < 4.78 is 10.6. The monoisotopic (exact) mass is 351 g/mol. The van der Waals surface area contributed by atoms with Crippen molar-refractivity contribution in [1.82, 2.24) is 0 Å². The molecule has 0 heterocycles. The average molecular weight is 352 g/mol. The van der Waals surface area contributed by atoms with Gasteiger partial charge in [-0.2, -0.15) is 0 Å². The summed E-state index contributed by atoms with van der Waals surface area (Å²) in [5.41, 5.74) is 1.08. The molecule has 2 rings (SSSR count). The molecule has 0 saturated carbocycles. The number of aliphatic hydroxyl groups is 1. The SMILES string of the molecule is COc1cc(NC(C(=O)O)c2ccc(Cl)cc2)cc(OCCO)c1. The molecule has 3 N–H and O–H groups in total. The minimum Gasteiger partial charge on any atom is -0.497 e. The van der Waals surface area contributed by atoms with Crippen LogP contribution in [0, 0.1) is 0 Å². The van der Waals surface area contributed by atoms with E-state index in [9.17, 15) is 9.90 Å². The molecular formula is C17H18ClNO5. The van der Waals surface area contributed by atoms with E-state index in [0.717, 1.165) is 0 Å². The molecule has 1 unspecified atom stereocenters. The average Bonchev–Trinajstić information content (AvgIpc) is 2.58. The highest BCUT2D eigenvalue weighted by molar-refractivity contribution is 6.30. The highest BCUT2D eigenvalue weighted by Crippen LogP contribution is 2.29. The fraction of sp³-hybridized carbons (Fsp3) is 0.235. The molecule has 1 atom stereocenters. The Morgan fingerprint density at radius 3 is 2.46 bits per heavy atom. The van der Waals surface area contributed by atoms with Crippen LogP contribution < -0.4 is 14.8 Å². The van der Waals surface area contributed by atoms with E-state index >= 15 is 0 Å². The third-order valence-corrected chi connectivity index (χ3v) is 3.49. The number of aliphatic carboxylic acids is 1. The van der Waals surface area contributed by atoms with Crippen LogP contribution in [0.3, 0.4) is 0 Å². The van der Waals surface area contributed by atoms with E-state index in [0.29, 0.717) is 27.8 Å². The van der Waals surface area contributed by atoms with Gasteiger partial charge in [0.05, 0.1) is 13.7 Å². The van der Waals surface area contributed by atoms with Crippen LogP contribution in [-0.4, -0.2) is 36.5 Å². The summed E-state index contributed by atoms with van der Waals surface area (Å²) in [6, 6.07) is 10.6. The lowest BCUT2D eigenvalue weighted by Gasteiger charge is -2.18. The van der Waals surface area contributed by atoms with Gasteiger partial charge < -0.3 is 25.0 Å². The van der Waals surface area contributed by atoms with Crippen LogP contribution in [0.5, 0.6) is 11.5 Å². The van der Waals surface area contributed by atoms with Gasteiger partial charge in [-0.1, -0.05) is 23.7 Å². The first kappa shape index (κ1) is 17.9. The molecule has 0 aromatic heterocycles. The quantitative estimate of drug-likeness (QED) is 0.677. The number of carbonyl (C=O) groups is 1. The first-order valence-corrected chi connectivity index (χ1v) is 7.59. The second-order valence-electron chi connectivity index (χ2n) is 4.94. The van der Waals surface area contributed by atoms with E-state index in [2.05, 4.69) is 5.32 Å². The summed E-state index contributed by atoms with van der Waals surface area (Å²) in [5.74, 6) is -0.0581. The number of halogens is 1. The number of ether oxygens (including phenoxy) is 2. The minimum atomic E-state index is -1.03. The number of carboxylic acid groups (broad SMARTS) is 1. The summed E-state index contributed by atoms with van der Waals surface area (Å²) in [7, 11) is 1.50. The Labute approximate surface area is 144 Å². The molecule has 0 saturated heterocycles. The van der Waals surface area contributed by atoms with E-state index in [4.69, 9.17) is 26.2 Å². The maximum atomic E-state index is 11.6. The summed E-state index contributed by atoms with van der Waals surface area (Å²) in [6.07, 6.45) is 0. The lowest BCUT2D eigenvalue weighted by atomic mass is 10.1. The maximum absolute atomic E-state index is 11.6. The van der Waals surface area contributed by atoms with Crippen LogP contribution in [0.1, 0.15) is 11.6 Å². The molecule has 0 spiro atoms. The molecule has 0 fully saturated rings. The van der Waals surface area contributed by atoms with Gasteiger partial charge in [0, 0.05) is 28.9 Å². The highest BCUT2D eigenvalue weighted by atomic mass is 35.5. The van der Waals surface area contributed by atoms with Crippen molar-refractivity contribution in [2.45, 2.75) is 6.04 Å². The second-order valence-corrected chi connectivity index (χ2v) is 5.37. The van der Waals surface area contributed by atoms with Crippen LogP contribution in [0.2, 0.25) is 5.02 Å². The van der Waals surface area contributed by atoms with E-state index in [1.54, 1.807) is 42.5 Å². The fourth-order valence-electron chi connectivity index (χ4n) is 2.13. The molecule has 2 aromatic carbocycles. The number of nitrogens with one attached hydrogen (secondary N) is 1. The zero-order chi connectivity index (χ0) is 17.5. The molecular weight excluding hydrogens is 334 g/mol. The van der Waals surface area contributed by atoms with Gasteiger partial charge in [-0.15, -0.1) is 0 Å². The van der Waals surface area contributed by atoms with E-state index < -0.39 is 12.0 Å². The largest absolute Gasteiger partial charge is 0.497 e. The number of aliphatic hydroxyl groups excluding tert-OH is 1. The normalized spacial score (nSPS) is 11.6. The fourth-order valence-corrected chi connectivity index (χ4v) is 2.26. The van der Waals surface area contributed by atoms with Gasteiger partial charge in [-0.25, -0.2) is 4.79 Å². The van der Waals surface area contributed by atoms with Crippen molar-refractivity contribution in [2.75, 3.05) is 25.6 Å². The summed E-state index contributed by atoms with van der Waals surface area (Å²) >= 11 is 5.84. The van der Waals surface area contributed by atoms with Crippen molar-refractivity contribution >= 4 is 23.3 Å². The van der Waals surface area contributed by atoms with Gasteiger partial charge >= 0.3 is 5.97 Å². The topological polar surface area (TPSA) is 88.0 Å². The Balaban J connectivity index is 2.28. The Morgan fingerprint density at radius 2 is 1.88 bits per heavy atom. The second kappa shape index (κ2) is 8.42. The Hall–Kier alpha value is -2.44. The molecule has 0 bridgehead atoms. The van der Waals surface area contributed by atoms with Crippen LogP contribution in [0.15, 0.2) is 42.5 Å². The van der Waals surface area contributed by atoms with Gasteiger partial charge in [0.15, 0.2) is 6.04 Å². The molecule has 0 aliphatic rings. The Kier molecular flexibility index (Phi) is 6.28. The lowest BCUT2D eigenvalue weighted by Crippen LogP contribution is -2.20. The van der Waals surface area contributed by atoms with Crippen molar-refractivity contribution in [3.8, 4) is 11.5 Å². The number of methoxy groups -OCH3 is 1. The number of hydrogen-bond acceptors (Lipinski definition) is 5. The Bertz CT molecular complexity index is 690. The van der Waals surface area contributed by atoms with Gasteiger partial charge in [-0.05, 0) is 17.7 Å². The van der Waals surface area contributed by atoms with Gasteiger partial charge in [0.25, 0.3) is 0 Å². The number of anilines is 1. The highest BCUT2D eigenvalue weighted by Gasteiger charge is 2.20. The molecule has 6 nitrogen and oxygen atoms in total. The van der Waals surface area contributed by atoms with E-state index in [1.165, 1.54) is 7.11 Å². The minimum absolute atomic E-state index is 0.123. The zero-order valence-electron chi connectivity index (χ0n) is 13.0. The summed E-state index contributed by atoms with van der Waals surface area (Å²) in [5, 5.41) is 21.8. The van der Waals surface area contributed by atoms with Crippen molar-refractivity contribution < 1.29 is 24.5 Å². The van der Waals surface area contributed by atoms with Crippen molar-refractivity contribution in [3.05, 3.63) is 53.1 Å². The standard InChI is InChI=1S/C17H18ClNO5/c1-23-14-8-13(9-15(10-14)24-7-6-20)19-16(17(21)22)11-2-4-12(18)5-3-11/h2-5,8-10,16,19-20H,6-7H2,1H3,(H,21,22). The van der Waals surface area contributed by atoms with Gasteiger partial charge in [0.2, 0.25) is 0 Å². The molecule has 0 radical (unpaired) electrons. The zero-order valence-corrected chi connectivity index (χ0v) is 13.8. The maximum Gasteiger partial charge on any atom is 0.330 e. The van der Waals surface area contributed by atoms with Crippen LogP contribution in [0.4, 0.5) is 5.69 Å². The van der Waals surface area contributed by atoms with Crippen molar-refractivity contribution in [2.24, 2.45) is 0 Å². The number of benzene rings is 2. The van der Waals surface area contributed by atoms with Gasteiger partial charge in [0.1, 0.15) is 18.1 Å². The number of carboxylic acids is 1. The predicted molar refractivity (Wildman–Crippen MR) is 91.0 cm³/mol. The molecule has 128 valence electrons. The molecule has 0 amide bonds. The molecule has 7 heteroatoms. The van der Waals surface area contributed by atoms with Crippen LogP contribution in [0.25, 0.3) is 0 Å². The lowest BCUT2D eigenvalue weighted by molar-refractivity contribution is -0.138. The number of rotatable bonds is 8. The predicted octanol–water partition coefficient (Wildman–Crippen LogP) is 2.96. The van der Waals surface area contributed by atoms with Crippen LogP contribution in [-0.2, 0) is 4.79 Å². The first-order chi connectivity index (χ1) is 11.5. The van der Waals surface area contributed by atoms with Crippen molar-refractivity contribution in [1.29, 1.82) is 0 Å². The summed E-state index contributed by atoms with van der Waals surface area (Å²) in [6.45, 7) is 0.00858. The first-order valence-electron chi connectivity index (χ1n) is 7.21. The summed E-state index contributed by atoms with van der Waals surface area (Å²) in [4.78, 5) is 11.6. The third-order valence-electron chi connectivity index (χ3n) is 3.24. The third kappa shape index (κ3) is 4.78. The van der Waals surface area contributed by atoms with Crippen LogP contribution >= 0.6 is 11.6 Å². The smallest absolute Gasteiger partial charge is 0.330 e. The van der Waals surface area contributed by atoms with E-state index in [-0.39, 0.29) is 13.2 Å². The Morgan fingerprint density at radius 1 is 1.21 bits per heavy atom. The number of hydrogen-bond donors (Lipinski definition) is 3.